The van der Waals surface area contributed by atoms with Crippen LogP contribution in [0.4, 0.5) is 0 Å². The van der Waals surface area contributed by atoms with Crippen molar-refractivity contribution in [1.82, 2.24) is 5.32 Å². The van der Waals surface area contributed by atoms with Crippen LogP contribution in [0.2, 0.25) is 5.02 Å². The van der Waals surface area contributed by atoms with E-state index in [9.17, 15) is 9.90 Å². The van der Waals surface area contributed by atoms with Gasteiger partial charge in [0.05, 0.1) is 10.6 Å². The first-order valence-electron chi connectivity index (χ1n) is 6.85. The van der Waals surface area contributed by atoms with Crippen LogP contribution in [0.5, 0.6) is 5.75 Å². The summed E-state index contributed by atoms with van der Waals surface area (Å²) in [6.45, 7) is 2.26. The van der Waals surface area contributed by atoms with E-state index >= 15 is 0 Å². The number of carbonyl (C=O) groups excluding carboxylic acids is 1. The van der Waals surface area contributed by atoms with Crippen molar-refractivity contribution in [2.24, 2.45) is 5.92 Å². The first-order chi connectivity index (χ1) is 9.06. The summed E-state index contributed by atoms with van der Waals surface area (Å²) in [5.41, 5.74) is 0.346. The summed E-state index contributed by atoms with van der Waals surface area (Å²) in [4.78, 5) is 12.2. The highest BCUT2D eigenvalue weighted by Gasteiger charge is 2.19. The molecule has 1 fully saturated rings. The molecule has 2 atom stereocenters. The Kier molecular flexibility index (Phi) is 4.70. The minimum atomic E-state index is -0.194. The van der Waals surface area contributed by atoms with Crippen LogP contribution in [0, 0.1) is 5.92 Å². The van der Waals surface area contributed by atoms with Crippen LogP contribution in [0.15, 0.2) is 18.2 Å². The number of rotatable bonds is 2. The molecule has 0 radical (unpaired) electrons. The number of carbonyl (C=O) groups is 1. The summed E-state index contributed by atoms with van der Waals surface area (Å²) in [5.74, 6) is 0.607. The maximum absolute atomic E-state index is 12.2. The molecule has 104 valence electrons. The van der Waals surface area contributed by atoms with E-state index in [2.05, 4.69) is 12.2 Å². The number of hydrogen-bond donors (Lipinski definition) is 2. The summed E-state index contributed by atoms with van der Waals surface area (Å²) in [6, 6.07) is 4.65. The van der Waals surface area contributed by atoms with Crippen molar-refractivity contribution in [3.05, 3.63) is 28.8 Å². The molecule has 0 aromatic heterocycles. The summed E-state index contributed by atoms with van der Waals surface area (Å²) in [6.07, 6.45) is 5.58. The van der Waals surface area contributed by atoms with Gasteiger partial charge in [0.2, 0.25) is 0 Å². The van der Waals surface area contributed by atoms with Gasteiger partial charge in [-0.2, -0.15) is 0 Å². The van der Waals surface area contributed by atoms with Crippen molar-refractivity contribution >= 4 is 17.5 Å². The van der Waals surface area contributed by atoms with E-state index in [1.807, 2.05) is 0 Å². The maximum atomic E-state index is 12.2. The number of benzene rings is 1. The number of halogens is 1. The zero-order chi connectivity index (χ0) is 13.8. The summed E-state index contributed by atoms with van der Waals surface area (Å²) < 4.78 is 0. The molecule has 1 amide bonds. The number of aromatic hydroxyl groups is 1. The van der Waals surface area contributed by atoms with Crippen molar-refractivity contribution in [2.45, 2.75) is 45.1 Å². The molecule has 1 aliphatic carbocycles. The van der Waals surface area contributed by atoms with E-state index in [4.69, 9.17) is 11.6 Å². The third kappa shape index (κ3) is 3.87. The van der Waals surface area contributed by atoms with E-state index in [0.717, 1.165) is 31.6 Å². The lowest BCUT2D eigenvalue weighted by Crippen LogP contribution is -2.34. The minimum Gasteiger partial charge on any atom is -0.508 e. The molecular formula is C15H20ClNO2. The Morgan fingerprint density at radius 2 is 2.11 bits per heavy atom. The third-order valence-corrected chi connectivity index (χ3v) is 4.12. The zero-order valence-electron chi connectivity index (χ0n) is 11.2. The minimum absolute atomic E-state index is 0.0593. The van der Waals surface area contributed by atoms with Crippen LogP contribution in [0.3, 0.4) is 0 Å². The van der Waals surface area contributed by atoms with E-state index in [-0.39, 0.29) is 17.7 Å². The lowest BCUT2D eigenvalue weighted by atomic mass is 10.0. The van der Waals surface area contributed by atoms with E-state index < -0.39 is 0 Å². The molecule has 0 bridgehead atoms. The number of phenols is 1. The third-order valence-electron chi connectivity index (χ3n) is 3.79. The highest BCUT2D eigenvalue weighted by Crippen LogP contribution is 2.24. The second-order valence-electron chi connectivity index (χ2n) is 5.45. The average molecular weight is 282 g/mol. The first kappa shape index (κ1) is 14.2. The topological polar surface area (TPSA) is 49.3 Å². The van der Waals surface area contributed by atoms with E-state index in [0.29, 0.717) is 10.6 Å². The van der Waals surface area contributed by atoms with E-state index in [1.54, 1.807) is 6.07 Å². The highest BCUT2D eigenvalue weighted by molar-refractivity contribution is 6.33. The van der Waals surface area contributed by atoms with Crippen LogP contribution in [-0.2, 0) is 0 Å². The van der Waals surface area contributed by atoms with Gasteiger partial charge in [0.25, 0.3) is 5.91 Å². The van der Waals surface area contributed by atoms with Gasteiger partial charge in [-0.05, 0) is 43.4 Å². The van der Waals surface area contributed by atoms with Crippen LogP contribution in [0.25, 0.3) is 0 Å². The van der Waals surface area contributed by atoms with Gasteiger partial charge < -0.3 is 10.4 Å². The number of nitrogens with one attached hydrogen (secondary N) is 1. The Morgan fingerprint density at radius 1 is 1.32 bits per heavy atom. The molecular weight excluding hydrogens is 262 g/mol. The molecule has 0 heterocycles. The molecule has 2 unspecified atom stereocenters. The second kappa shape index (κ2) is 6.29. The van der Waals surface area contributed by atoms with Crippen LogP contribution in [-0.4, -0.2) is 17.1 Å². The Hall–Kier alpha value is -1.22. The molecule has 1 aromatic carbocycles. The molecule has 0 aliphatic heterocycles. The van der Waals surface area contributed by atoms with Crippen LogP contribution < -0.4 is 5.32 Å². The van der Waals surface area contributed by atoms with Crippen LogP contribution >= 0.6 is 11.6 Å². The van der Waals surface area contributed by atoms with Gasteiger partial charge in [-0.3, -0.25) is 4.79 Å². The quantitative estimate of drug-likeness (QED) is 0.811. The fourth-order valence-electron chi connectivity index (χ4n) is 2.58. The SMILES string of the molecule is CC1CCCC(NC(=O)c2cc(O)ccc2Cl)CC1. The summed E-state index contributed by atoms with van der Waals surface area (Å²) in [7, 11) is 0. The maximum Gasteiger partial charge on any atom is 0.253 e. The standard InChI is InChI=1S/C15H20ClNO2/c1-10-3-2-4-11(6-5-10)17-15(19)13-9-12(18)7-8-14(13)16/h7-11,18H,2-6H2,1H3,(H,17,19). The first-order valence-corrected chi connectivity index (χ1v) is 7.23. The van der Waals surface area contributed by atoms with Gasteiger partial charge in [0.1, 0.15) is 5.75 Å². The van der Waals surface area contributed by atoms with Gasteiger partial charge in [-0.15, -0.1) is 0 Å². The average Bonchev–Trinajstić information content (AvgIpc) is 2.57. The van der Waals surface area contributed by atoms with Crippen molar-refractivity contribution in [1.29, 1.82) is 0 Å². The molecule has 4 heteroatoms. The molecule has 3 nitrogen and oxygen atoms in total. The summed E-state index contributed by atoms with van der Waals surface area (Å²) in [5, 5.41) is 12.8. The Bertz CT molecular complexity index is 461. The highest BCUT2D eigenvalue weighted by atomic mass is 35.5. The molecule has 2 N–H and O–H groups in total. The van der Waals surface area contributed by atoms with E-state index in [1.165, 1.54) is 18.6 Å². The van der Waals surface area contributed by atoms with Crippen molar-refractivity contribution in [2.75, 3.05) is 0 Å². The van der Waals surface area contributed by atoms with Crippen LogP contribution in [0.1, 0.15) is 49.4 Å². The fraction of sp³-hybridized carbons (Fsp3) is 0.533. The molecule has 1 aromatic rings. The normalized spacial score (nSPS) is 23.7. The van der Waals surface area contributed by atoms with Gasteiger partial charge >= 0.3 is 0 Å². The fourth-order valence-corrected chi connectivity index (χ4v) is 2.79. The Morgan fingerprint density at radius 3 is 2.89 bits per heavy atom. The Labute approximate surface area is 119 Å². The molecule has 1 saturated carbocycles. The molecule has 2 rings (SSSR count). The largest absolute Gasteiger partial charge is 0.508 e. The van der Waals surface area contributed by atoms with Gasteiger partial charge in [-0.25, -0.2) is 0 Å². The van der Waals surface area contributed by atoms with Crippen molar-refractivity contribution in [3.63, 3.8) is 0 Å². The number of phenolic OH excluding ortho intramolecular Hbond substituents is 1. The summed E-state index contributed by atoms with van der Waals surface area (Å²) >= 11 is 5.99. The predicted molar refractivity (Wildman–Crippen MR) is 76.6 cm³/mol. The Balaban J connectivity index is 2.02. The lowest BCUT2D eigenvalue weighted by molar-refractivity contribution is 0.0933. The van der Waals surface area contributed by atoms with Gasteiger partial charge in [0.15, 0.2) is 0 Å². The zero-order valence-corrected chi connectivity index (χ0v) is 11.9. The monoisotopic (exact) mass is 281 g/mol. The number of hydrogen-bond acceptors (Lipinski definition) is 2. The smallest absolute Gasteiger partial charge is 0.253 e. The molecule has 0 saturated heterocycles. The lowest BCUT2D eigenvalue weighted by Gasteiger charge is -2.17. The van der Waals surface area contributed by atoms with Gasteiger partial charge in [-0.1, -0.05) is 31.4 Å². The molecule has 0 spiro atoms. The predicted octanol–water partition coefficient (Wildman–Crippen LogP) is 3.74. The number of amides is 1. The molecule has 19 heavy (non-hydrogen) atoms. The van der Waals surface area contributed by atoms with Crippen molar-refractivity contribution in [3.8, 4) is 5.75 Å². The molecule has 1 aliphatic rings. The second-order valence-corrected chi connectivity index (χ2v) is 5.86. The van der Waals surface area contributed by atoms with Crippen molar-refractivity contribution < 1.29 is 9.90 Å². The van der Waals surface area contributed by atoms with Gasteiger partial charge in [0, 0.05) is 6.04 Å².